The summed E-state index contributed by atoms with van der Waals surface area (Å²) < 4.78 is 6.33. The number of ether oxygens (including phenoxy) is 1. The molecule has 1 aliphatic heterocycles. The molecule has 0 bridgehead atoms. The summed E-state index contributed by atoms with van der Waals surface area (Å²) in [7, 11) is 1.55. The summed E-state index contributed by atoms with van der Waals surface area (Å²) in [4.78, 5) is 25.5. The van der Waals surface area contributed by atoms with Gasteiger partial charge in [0, 0.05) is 11.5 Å². The van der Waals surface area contributed by atoms with E-state index in [1.807, 2.05) is 12.1 Å². The molecule has 0 aliphatic carbocycles. The maximum atomic E-state index is 11.6. The van der Waals surface area contributed by atoms with Crippen molar-refractivity contribution >= 4 is 27.9 Å². The molecule has 1 unspecified atom stereocenters. The van der Waals surface area contributed by atoms with Crippen LogP contribution in [0.2, 0.25) is 0 Å². The van der Waals surface area contributed by atoms with Gasteiger partial charge in [0.2, 0.25) is 5.91 Å². The van der Waals surface area contributed by atoms with Crippen molar-refractivity contribution in [2.75, 3.05) is 26.7 Å². The van der Waals surface area contributed by atoms with Gasteiger partial charge in [-0.25, -0.2) is 4.79 Å². The summed E-state index contributed by atoms with van der Waals surface area (Å²) in [6.07, 6.45) is -0.918. The van der Waals surface area contributed by atoms with Crippen LogP contribution in [0.3, 0.4) is 0 Å². The normalized spacial score (nSPS) is 16.8. The second kappa shape index (κ2) is 6.23. The third-order valence-corrected chi connectivity index (χ3v) is 3.41. The summed E-state index contributed by atoms with van der Waals surface area (Å²) in [6.45, 7) is 0.0140. The van der Waals surface area contributed by atoms with Crippen molar-refractivity contribution in [1.82, 2.24) is 9.80 Å². The van der Waals surface area contributed by atoms with Crippen molar-refractivity contribution in [3.63, 3.8) is 0 Å². The van der Waals surface area contributed by atoms with Gasteiger partial charge in [-0.1, -0.05) is 15.9 Å². The van der Waals surface area contributed by atoms with Crippen LogP contribution >= 0.6 is 15.9 Å². The Morgan fingerprint density at radius 1 is 1.35 bits per heavy atom. The molecule has 3 amide bonds. The molecule has 1 aromatic carbocycles. The molecule has 1 heterocycles. The Balaban J connectivity index is 1.83. The molecule has 6 nitrogen and oxygen atoms in total. The highest BCUT2D eigenvalue weighted by Gasteiger charge is 2.34. The fraction of sp³-hybridized carbons (Fsp3) is 0.385. The number of hydrogen-bond acceptors (Lipinski definition) is 4. The van der Waals surface area contributed by atoms with E-state index in [0.29, 0.717) is 5.75 Å². The van der Waals surface area contributed by atoms with Gasteiger partial charge >= 0.3 is 6.03 Å². The number of aliphatic hydroxyl groups excluding tert-OH is 1. The standard InChI is InChI=1S/C13H15BrN2O4/c1-15-7-12(18)16(13(15)19)6-10(17)8-20-11-4-2-9(14)3-5-11/h2-5,10,17H,6-8H2,1H3. The number of imide groups is 1. The van der Waals surface area contributed by atoms with Crippen LogP contribution in [0.5, 0.6) is 5.75 Å². The average Bonchev–Trinajstić information content (AvgIpc) is 2.65. The number of carbonyl (C=O) groups is 2. The first-order valence-electron chi connectivity index (χ1n) is 6.09. The van der Waals surface area contributed by atoms with Crippen molar-refractivity contribution in [1.29, 1.82) is 0 Å². The lowest BCUT2D eigenvalue weighted by molar-refractivity contribution is -0.126. The Hall–Kier alpha value is -1.60. The fourth-order valence-corrected chi connectivity index (χ4v) is 2.10. The third-order valence-electron chi connectivity index (χ3n) is 2.88. The summed E-state index contributed by atoms with van der Waals surface area (Å²) in [5.41, 5.74) is 0. The fourth-order valence-electron chi connectivity index (χ4n) is 1.84. The number of halogens is 1. The number of urea groups is 1. The zero-order valence-electron chi connectivity index (χ0n) is 11.0. The van der Waals surface area contributed by atoms with Gasteiger partial charge in [0.05, 0.1) is 6.54 Å². The van der Waals surface area contributed by atoms with Crippen molar-refractivity contribution < 1.29 is 19.4 Å². The van der Waals surface area contributed by atoms with Gasteiger partial charge in [-0.15, -0.1) is 0 Å². The molecular weight excluding hydrogens is 328 g/mol. The summed E-state index contributed by atoms with van der Waals surface area (Å²) >= 11 is 3.31. The van der Waals surface area contributed by atoms with E-state index in [9.17, 15) is 14.7 Å². The number of hydrogen-bond donors (Lipinski definition) is 1. The van der Waals surface area contributed by atoms with Crippen molar-refractivity contribution in [2.24, 2.45) is 0 Å². The molecule has 1 aliphatic rings. The molecule has 0 aromatic heterocycles. The Morgan fingerprint density at radius 2 is 2.00 bits per heavy atom. The molecule has 1 saturated heterocycles. The van der Waals surface area contributed by atoms with Gasteiger partial charge < -0.3 is 14.7 Å². The highest BCUT2D eigenvalue weighted by molar-refractivity contribution is 9.10. The Kier molecular flexibility index (Phi) is 4.61. The first-order valence-corrected chi connectivity index (χ1v) is 6.88. The molecule has 1 fully saturated rings. The molecule has 1 N–H and O–H groups in total. The van der Waals surface area contributed by atoms with E-state index in [-0.39, 0.29) is 25.6 Å². The molecule has 2 rings (SSSR count). The number of likely N-dealkylation sites (N-methyl/N-ethyl adjacent to an activating group) is 1. The summed E-state index contributed by atoms with van der Waals surface area (Å²) in [5.74, 6) is 0.309. The van der Waals surface area contributed by atoms with Crippen molar-refractivity contribution in [2.45, 2.75) is 6.10 Å². The minimum Gasteiger partial charge on any atom is -0.491 e. The van der Waals surface area contributed by atoms with Gasteiger partial charge in [0.25, 0.3) is 0 Å². The number of rotatable bonds is 5. The zero-order valence-corrected chi connectivity index (χ0v) is 12.5. The number of nitrogens with zero attached hydrogens (tertiary/aromatic N) is 2. The monoisotopic (exact) mass is 342 g/mol. The van der Waals surface area contributed by atoms with Crippen LogP contribution < -0.4 is 4.74 Å². The van der Waals surface area contributed by atoms with E-state index in [1.165, 1.54) is 4.90 Å². The molecule has 0 radical (unpaired) electrons. The molecule has 0 saturated carbocycles. The van der Waals surface area contributed by atoms with Gasteiger partial charge in [-0.2, -0.15) is 0 Å². The van der Waals surface area contributed by atoms with Crippen LogP contribution in [-0.2, 0) is 4.79 Å². The second-order valence-corrected chi connectivity index (χ2v) is 5.48. The smallest absolute Gasteiger partial charge is 0.327 e. The van der Waals surface area contributed by atoms with Crippen molar-refractivity contribution in [3.8, 4) is 5.75 Å². The molecule has 7 heteroatoms. The lowest BCUT2D eigenvalue weighted by atomic mass is 10.3. The highest BCUT2D eigenvalue weighted by atomic mass is 79.9. The van der Waals surface area contributed by atoms with E-state index < -0.39 is 12.1 Å². The number of benzene rings is 1. The number of amides is 3. The first-order chi connectivity index (χ1) is 9.47. The Morgan fingerprint density at radius 3 is 2.55 bits per heavy atom. The first kappa shape index (κ1) is 14.8. The molecule has 0 spiro atoms. The van der Waals surface area contributed by atoms with Crippen LogP contribution in [0.4, 0.5) is 4.79 Å². The molecule has 1 atom stereocenters. The number of β-amino-alcohol motifs (C(OH)–C–C–N with tert-alkyl or cyclic N) is 1. The zero-order chi connectivity index (χ0) is 14.7. The predicted octanol–water partition coefficient (Wildman–Crippen LogP) is 1.08. The third kappa shape index (κ3) is 3.49. The van der Waals surface area contributed by atoms with Gasteiger partial charge in [0.1, 0.15) is 25.0 Å². The molecule has 1 aromatic rings. The van der Waals surface area contributed by atoms with E-state index in [4.69, 9.17) is 4.74 Å². The van der Waals surface area contributed by atoms with E-state index in [0.717, 1.165) is 9.37 Å². The topological polar surface area (TPSA) is 70.1 Å². The SMILES string of the molecule is CN1CC(=O)N(CC(O)COc2ccc(Br)cc2)C1=O. The number of carbonyl (C=O) groups excluding carboxylic acids is 2. The average molecular weight is 343 g/mol. The van der Waals surface area contributed by atoms with Crippen molar-refractivity contribution in [3.05, 3.63) is 28.7 Å². The Labute approximate surface area is 125 Å². The quantitative estimate of drug-likeness (QED) is 0.813. The van der Waals surface area contributed by atoms with Gasteiger partial charge in [-0.05, 0) is 24.3 Å². The van der Waals surface area contributed by atoms with Gasteiger partial charge in [0.15, 0.2) is 0 Å². The minimum absolute atomic E-state index is 0.0163. The lowest BCUT2D eigenvalue weighted by Gasteiger charge is -2.18. The van der Waals surface area contributed by atoms with Crippen LogP contribution in [0.15, 0.2) is 28.7 Å². The minimum atomic E-state index is -0.918. The maximum Gasteiger partial charge on any atom is 0.327 e. The molecular formula is C13H15BrN2O4. The van der Waals surface area contributed by atoms with E-state index in [2.05, 4.69) is 15.9 Å². The Bertz CT molecular complexity index is 506. The molecule has 108 valence electrons. The van der Waals surface area contributed by atoms with Crippen LogP contribution in [0, 0.1) is 0 Å². The van der Waals surface area contributed by atoms with E-state index in [1.54, 1.807) is 19.2 Å². The molecule has 20 heavy (non-hydrogen) atoms. The predicted molar refractivity (Wildman–Crippen MR) is 75.4 cm³/mol. The van der Waals surface area contributed by atoms with E-state index >= 15 is 0 Å². The number of aliphatic hydroxyl groups is 1. The lowest BCUT2D eigenvalue weighted by Crippen LogP contribution is -2.40. The summed E-state index contributed by atoms with van der Waals surface area (Å²) in [6, 6.07) is 6.78. The second-order valence-electron chi connectivity index (χ2n) is 4.56. The maximum absolute atomic E-state index is 11.6. The van der Waals surface area contributed by atoms with Crippen LogP contribution in [0.25, 0.3) is 0 Å². The highest BCUT2D eigenvalue weighted by Crippen LogP contribution is 2.16. The van der Waals surface area contributed by atoms with Crippen LogP contribution in [0.1, 0.15) is 0 Å². The largest absolute Gasteiger partial charge is 0.491 e. The van der Waals surface area contributed by atoms with Crippen LogP contribution in [-0.4, -0.2) is 59.7 Å². The summed E-state index contributed by atoms with van der Waals surface area (Å²) in [5, 5.41) is 9.85. The van der Waals surface area contributed by atoms with Gasteiger partial charge in [-0.3, -0.25) is 9.69 Å².